The van der Waals surface area contributed by atoms with Gasteiger partial charge in [-0.25, -0.2) is 14.6 Å². The van der Waals surface area contributed by atoms with Crippen molar-refractivity contribution in [1.82, 2.24) is 39.7 Å². The molecule has 2 fully saturated rings. The number of esters is 1. The topological polar surface area (TPSA) is 169 Å². The first kappa shape index (κ1) is 46.3. The summed E-state index contributed by atoms with van der Waals surface area (Å²) in [4.78, 5) is 53.8. The van der Waals surface area contributed by atoms with Gasteiger partial charge in [-0.1, -0.05) is 36.6 Å². The molecule has 1 aromatic carbocycles. The van der Waals surface area contributed by atoms with Gasteiger partial charge in [-0.2, -0.15) is 4.98 Å². The zero-order valence-electron chi connectivity index (χ0n) is 37.2. The lowest BCUT2D eigenvalue weighted by atomic mass is 9.94. The van der Waals surface area contributed by atoms with E-state index in [2.05, 4.69) is 25.8 Å². The minimum Gasteiger partial charge on any atom is -0.469 e. The van der Waals surface area contributed by atoms with E-state index in [1.165, 1.54) is 13.5 Å². The normalized spacial score (nSPS) is 15.7. The molecule has 3 heterocycles. The summed E-state index contributed by atoms with van der Waals surface area (Å²) in [7, 11) is 1.44. The van der Waals surface area contributed by atoms with Crippen LogP contribution in [0.5, 0.6) is 0 Å². The largest absolute Gasteiger partial charge is 0.469 e. The fourth-order valence-corrected chi connectivity index (χ4v) is 7.78. The lowest BCUT2D eigenvalue weighted by Gasteiger charge is -2.36. The molecule has 1 saturated carbocycles. The number of rotatable bonds is 19. The standard InChI is InChI=1S/C44H70N10O6/c1-43(2,3)59-41(56)52(26-16-28-54(35-17-9-8-10-18-35)42(57)60-44(4,5)6)25-15-27-53-32-34(49-50-53)31-45-40-47-37-20-12-11-19-36(37)39(48-40)46-33-22-29-51(30-23-33)24-14-13-21-38(55)58-7/h11-12,19-20,32-33,35H,8-10,13-18,21-31H2,1-7H3,(H2,45,46,47,48). The van der Waals surface area contributed by atoms with Gasteiger partial charge in [0, 0.05) is 63.2 Å². The number of fused-ring (bicyclic) bond motifs is 1. The fourth-order valence-electron chi connectivity index (χ4n) is 7.78. The highest BCUT2D eigenvalue weighted by atomic mass is 16.6. The number of hydrogen-bond acceptors (Lipinski definition) is 13. The van der Waals surface area contributed by atoms with Gasteiger partial charge in [0.25, 0.3) is 0 Å². The molecule has 1 saturated heterocycles. The van der Waals surface area contributed by atoms with Gasteiger partial charge in [0.1, 0.15) is 22.7 Å². The van der Waals surface area contributed by atoms with Crippen LogP contribution >= 0.6 is 0 Å². The second kappa shape index (κ2) is 22.2. The van der Waals surface area contributed by atoms with Crippen LogP contribution in [-0.2, 0) is 32.1 Å². The average Bonchev–Trinajstić information content (AvgIpc) is 3.66. The highest BCUT2D eigenvalue weighted by molar-refractivity contribution is 5.90. The van der Waals surface area contributed by atoms with E-state index < -0.39 is 11.2 Å². The predicted octanol–water partition coefficient (Wildman–Crippen LogP) is 7.64. The van der Waals surface area contributed by atoms with Crippen LogP contribution in [0.4, 0.5) is 21.4 Å². The summed E-state index contributed by atoms with van der Waals surface area (Å²) < 4.78 is 18.1. The lowest BCUT2D eigenvalue weighted by molar-refractivity contribution is -0.140. The summed E-state index contributed by atoms with van der Waals surface area (Å²) in [6.45, 7) is 16.6. The highest BCUT2D eigenvalue weighted by Gasteiger charge is 2.30. The van der Waals surface area contributed by atoms with Gasteiger partial charge in [-0.3, -0.25) is 9.48 Å². The number of nitrogens with one attached hydrogen (secondary N) is 2. The maximum Gasteiger partial charge on any atom is 0.410 e. The van der Waals surface area contributed by atoms with Crippen LogP contribution in [0, 0.1) is 0 Å². The quantitative estimate of drug-likeness (QED) is 0.0687. The number of aromatic nitrogens is 5. The molecule has 2 aliphatic rings. The van der Waals surface area contributed by atoms with E-state index in [0.29, 0.717) is 64.0 Å². The van der Waals surface area contributed by atoms with Crippen molar-refractivity contribution in [3.8, 4) is 0 Å². The number of carbonyl (C=O) groups is 3. The monoisotopic (exact) mass is 835 g/mol. The molecule has 16 heteroatoms. The Bertz CT molecular complexity index is 1810. The molecule has 60 heavy (non-hydrogen) atoms. The molecule has 0 radical (unpaired) electrons. The van der Waals surface area contributed by atoms with Crippen molar-refractivity contribution in [2.24, 2.45) is 0 Å². The lowest BCUT2D eigenvalue weighted by Crippen LogP contribution is -2.46. The van der Waals surface area contributed by atoms with Crippen LogP contribution in [-0.4, -0.2) is 127 Å². The van der Waals surface area contributed by atoms with Gasteiger partial charge < -0.3 is 39.5 Å². The maximum atomic E-state index is 13.3. The number of nitrogens with zero attached hydrogens (tertiary/aromatic N) is 8. The van der Waals surface area contributed by atoms with Crippen LogP contribution in [0.15, 0.2) is 30.5 Å². The van der Waals surface area contributed by atoms with Crippen molar-refractivity contribution in [3.63, 3.8) is 0 Å². The molecule has 5 rings (SSSR count). The first-order valence-corrected chi connectivity index (χ1v) is 22.1. The van der Waals surface area contributed by atoms with E-state index in [-0.39, 0.29) is 24.2 Å². The van der Waals surface area contributed by atoms with Crippen molar-refractivity contribution < 1.29 is 28.6 Å². The number of carbonyl (C=O) groups excluding carboxylic acids is 3. The summed E-state index contributed by atoms with van der Waals surface area (Å²) in [5.41, 5.74) is 0.385. The molecule has 1 aliphatic carbocycles. The fraction of sp³-hybridized carbons (Fsp3) is 0.705. The molecule has 1 aliphatic heterocycles. The Labute approximate surface area is 356 Å². The third-order valence-electron chi connectivity index (χ3n) is 10.8. The Morgan fingerprint density at radius 1 is 0.817 bits per heavy atom. The summed E-state index contributed by atoms with van der Waals surface area (Å²) in [5, 5.41) is 16.8. The van der Waals surface area contributed by atoms with Gasteiger partial charge in [0.15, 0.2) is 0 Å². The number of unbranched alkanes of at least 4 members (excludes halogenated alkanes) is 1. The van der Waals surface area contributed by atoms with E-state index in [9.17, 15) is 14.4 Å². The van der Waals surface area contributed by atoms with Gasteiger partial charge in [0.2, 0.25) is 5.95 Å². The molecule has 3 aromatic rings. The number of anilines is 2. The minimum atomic E-state index is -0.633. The molecule has 2 amide bonds. The minimum absolute atomic E-state index is 0.144. The van der Waals surface area contributed by atoms with Gasteiger partial charge in [-0.15, -0.1) is 5.10 Å². The first-order chi connectivity index (χ1) is 28.7. The van der Waals surface area contributed by atoms with Crippen LogP contribution in [0.1, 0.15) is 124 Å². The molecule has 2 N–H and O–H groups in total. The number of aryl methyl sites for hydroxylation is 1. The predicted molar refractivity (Wildman–Crippen MR) is 233 cm³/mol. The van der Waals surface area contributed by atoms with E-state index in [0.717, 1.165) is 93.4 Å². The molecule has 2 aromatic heterocycles. The molecular formula is C44H70N10O6. The number of benzene rings is 1. The summed E-state index contributed by atoms with van der Waals surface area (Å²) >= 11 is 0. The Morgan fingerprint density at radius 2 is 1.52 bits per heavy atom. The van der Waals surface area contributed by atoms with Crippen LogP contribution < -0.4 is 10.6 Å². The summed E-state index contributed by atoms with van der Waals surface area (Å²) in [5.74, 6) is 1.18. The second-order valence-corrected chi connectivity index (χ2v) is 18.2. The summed E-state index contributed by atoms with van der Waals surface area (Å²) in [6, 6.07) is 8.47. The van der Waals surface area contributed by atoms with E-state index in [4.69, 9.17) is 24.2 Å². The van der Waals surface area contributed by atoms with Crippen LogP contribution in [0.3, 0.4) is 0 Å². The van der Waals surface area contributed by atoms with E-state index in [1.807, 2.05) is 76.9 Å². The number of amides is 2. The Morgan fingerprint density at radius 3 is 2.23 bits per heavy atom. The molecule has 16 nitrogen and oxygen atoms in total. The van der Waals surface area contributed by atoms with E-state index in [1.54, 1.807) is 9.58 Å². The van der Waals surface area contributed by atoms with Crippen molar-refractivity contribution in [3.05, 3.63) is 36.2 Å². The van der Waals surface area contributed by atoms with Crippen molar-refractivity contribution in [2.75, 3.05) is 57.0 Å². The van der Waals surface area contributed by atoms with Gasteiger partial charge in [-0.05, 0) is 112 Å². The zero-order valence-corrected chi connectivity index (χ0v) is 37.2. The molecular weight excluding hydrogens is 765 g/mol. The van der Waals surface area contributed by atoms with Crippen molar-refractivity contribution >= 4 is 40.8 Å². The maximum absolute atomic E-state index is 13.3. The molecule has 0 spiro atoms. The number of methoxy groups -OCH3 is 1. The van der Waals surface area contributed by atoms with Gasteiger partial charge >= 0.3 is 18.2 Å². The summed E-state index contributed by atoms with van der Waals surface area (Å²) in [6.07, 6.45) is 12.2. The first-order valence-electron chi connectivity index (χ1n) is 22.1. The zero-order chi connectivity index (χ0) is 43.1. The van der Waals surface area contributed by atoms with Crippen molar-refractivity contribution in [1.29, 1.82) is 0 Å². The SMILES string of the molecule is COC(=O)CCCCN1CCC(Nc2nc(NCc3cn(CCCN(CCCN(C(=O)OC(C)(C)C)C4CCCCC4)C(=O)OC(C)(C)C)nn3)nc3ccccc23)CC1. The second-order valence-electron chi connectivity index (χ2n) is 18.2. The number of likely N-dealkylation sites (tertiary alicyclic amines) is 1. The Hall–Kier alpha value is -4.73. The molecule has 0 bridgehead atoms. The Balaban J connectivity index is 1.12. The number of hydrogen-bond donors (Lipinski definition) is 2. The van der Waals surface area contributed by atoms with E-state index >= 15 is 0 Å². The molecule has 0 atom stereocenters. The average molecular weight is 835 g/mol. The third kappa shape index (κ3) is 15.4. The highest BCUT2D eigenvalue weighted by Crippen LogP contribution is 2.27. The van der Waals surface area contributed by atoms with Gasteiger partial charge in [0.05, 0.1) is 25.4 Å². The van der Waals surface area contributed by atoms with Crippen molar-refractivity contribution in [2.45, 2.75) is 155 Å². The van der Waals surface area contributed by atoms with Crippen LogP contribution in [0.2, 0.25) is 0 Å². The third-order valence-corrected chi connectivity index (χ3v) is 10.8. The number of ether oxygens (including phenoxy) is 3. The van der Waals surface area contributed by atoms with Crippen LogP contribution in [0.25, 0.3) is 10.9 Å². The molecule has 0 unspecified atom stereocenters. The molecule has 332 valence electrons. The smallest absolute Gasteiger partial charge is 0.410 e. The Kier molecular flexibility index (Phi) is 17.2. The number of piperidine rings is 1. The number of para-hydroxylation sites is 1.